The zero-order valence-corrected chi connectivity index (χ0v) is 11.5. The predicted octanol–water partition coefficient (Wildman–Crippen LogP) is 0.773. The summed E-state index contributed by atoms with van der Waals surface area (Å²) in [5.74, 6) is -0.892. The van der Waals surface area contributed by atoms with Gasteiger partial charge in [-0.25, -0.2) is 4.79 Å². The molecule has 2 fully saturated rings. The van der Waals surface area contributed by atoms with E-state index in [0.717, 1.165) is 13.0 Å². The lowest BCUT2D eigenvalue weighted by Crippen LogP contribution is -2.41. The van der Waals surface area contributed by atoms with Crippen molar-refractivity contribution in [2.75, 3.05) is 26.2 Å². The van der Waals surface area contributed by atoms with E-state index in [4.69, 9.17) is 9.84 Å². The zero-order valence-electron chi connectivity index (χ0n) is 11.5. The van der Waals surface area contributed by atoms with Crippen molar-refractivity contribution in [2.24, 2.45) is 17.8 Å². The van der Waals surface area contributed by atoms with Crippen LogP contribution in [0.4, 0.5) is 4.79 Å². The fraction of sp³-hybridized carbons (Fsp3) is 0.846. The molecule has 2 rings (SSSR count). The largest absolute Gasteiger partial charge is 0.481 e. The molecule has 2 N–H and O–H groups in total. The van der Waals surface area contributed by atoms with Crippen LogP contribution in [0.25, 0.3) is 0 Å². The average Bonchev–Trinajstić information content (AvgIpc) is 2.92. The van der Waals surface area contributed by atoms with E-state index in [2.05, 4.69) is 5.32 Å². The summed E-state index contributed by atoms with van der Waals surface area (Å²) in [6.07, 6.45) is 1.15. The number of hydrogen-bond acceptors (Lipinski definition) is 3. The molecule has 0 saturated carbocycles. The van der Waals surface area contributed by atoms with Crippen LogP contribution in [-0.4, -0.2) is 54.4 Å². The highest BCUT2D eigenvalue weighted by atomic mass is 16.5. The summed E-state index contributed by atoms with van der Waals surface area (Å²) in [4.78, 5) is 24.6. The topological polar surface area (TPSA) is 78.9 Å². The molecule has 2 amide bonds. The normalized spacial score (nSPS) is 34.5. The molecule has 4 atom stereocenters. The molecule has 2 saturated heterocycles. The number of carbonyl (C=O) groups excluding carboxylic acids is 1. The number of nitrogens with one attached hydrogen (secondary N) is 1. The summed E-state index contributed by atoms with van der Waals surface area (Å²) in [5, 5.41) is 11.9. The number of rotatable bonds is 3. The maximum atomic E-state index is 12.0. The lowest BCUT2D eigenvalue weighted by Gasteiger charge is -2.20. The van der Waals surface area contributed by atoms with Gasteiger partial charge in [0.15, 0.2) is 0 Å². The minimum Gasteiger partial charge on any atom is -0.481 e. The Morgan fingerprint density at radius 2 is 2.11 bits per heavy atom. The minimum atomic E-state index is -0.819. The van der Waals surface area contributed by atoms with Gasteiger partial charge in [-0.15, -0.1) is 0 Å². The Kier molecular flexibility index (Phi) is 4.29. The number of amides is 2. The van der Waals surface area contributed by atoms with Crippen molar-refractivity contribution in [3.05, 3.63) is 0 Å². The van der Waals surface area contributed by atoms with Crippen LogP contribution >= 0.6 is 0 Å². The molecule has 0 radical (unpaired) electrons. The molecule has 6 nitrogen and oxygen atoms in total. The van der Waals surface area contributed by atoms with Crippen molar-refractivity contribution in [1.82, 2.24) is 10.2 Å². The predicted molar refractivity (Wildman–Crippen MR) is 68.8 cm³/mol. The number of ether oxygens (including phenoxy) is 1. The Morgan fingerprint density at radius 3 is 2.63 bits per heavy atom. The van der Waals surface area contributed by atoms with Gasteiger partial charge in [-0.1, -0.05) is 6.92 Å². The Labute approximate surface area is 113 Å². The van der Waals surface area contributed by atoms with Gasteiger partial charge in [0, 0.05) is 32.2 Å². The van der Waals surface area contributed by atoms with Crippen molar-refractivity contribution in [3.63, 3.8) is 0 Å². The van der Waals surface area contributed by atoms with Crippen LogP contribution in [0.2, 0.25) is 0 Å². The molecule has 4 unspecified atom stereocenters. The van der Waals surface area contributed by atoms with E-state index in [-0.39, 0.29) is 18.1 Å². The van der Waals surface area contributed by atoms with Crippen molar-refractivity contribution in [2.45, 2.75) is 26.4 Å². The van der Waals surface area contributed by atoms with Gasteiger partial charge < -0.3 is 20.1 Å². The van der Waals surface area contributed by atoms with Gasteiger partial charge in [0.05, 0.1) is 12.0 Å². The van der Waals surface area contributed by atoms with E-state index in [1.165, 1.54) is 0 Å². The van der Waals surface area contributed by atoms with Gasteiger partial charge in [0.2, 0.25) is 0 Å². The zero-order chi connectivity index (χ0) is 14.0. The first-order chi connectivity index (χ1) is 8.99. The Balaban J connectivity index is 1.79. The number of hydrogen-bond donors (Lipinski definition) is 2. The first-order valence-electron chi connectivity index (χ1n) is 6.86. The van der Waals surface area contributed by atoms with Crippen LogP contribution in [0.5, 0.6) is 0 Å². The number of likely N-dealkylation sites (tertiary alicyclic amines) is 1. The third-order valence-electron chi connectivity index (χ3n) is 4.27. The van der Waals surface area contributed by atoms with Gasteiger partial charge in [-0.3, -0.25) is 4.79 Å². The fourth-order valence-electron chi connectivity index (χ4n) is 2.83. The van der Waals surface area contributed by atoms with Crippen LogP contribution in [0, 0.1) is 17.8 Å². The summed E-state index contributed by atoms with van der Waals surface area (Å²) in [5.41, 5.74) is 0. The molecular formula is C13H22N2O4. The van der Waals surface area contributed by atoms with Crippen molar-refractivity contribution >= 4 is 12.0 Å². The van der Waals surface area contributed by atoms with Gasteiger partial charge in [0.1, 0.15) is 0 Å². The molecule has 0 aromatic carbocycles. The van der Waals surface area contributed by atoms with Crippen LogP contribution in [0.1, 0.15) is 20.3 Å². The third-order valence-corrected chi connectivity index (χ3v) is 4.27. The third kappa shape index (κ3) is 3.18. The molecule has 0 aromatic rings. The average molecular weight is 270 g/mol. The maximum Gasteiger partial charge on any atom is 0.317 e. The Bertz CT molecular complexity index is 361. The van der Waals surface area contributed by atoms with E-state index in [9.17, 15) is 9.59 Å². The van der Waals surface area contributed by atoms with E-state index >= 15 is 0 Å². The summed E-state index contributed by atoms with van der Waals surface area (Å²) in [6.45, 7) is 6.06. The molecular weight excluding hydrogens is 248 g/mol. The highest BCUT2D eigenvalue weighted by Gasteiger charge is 2.37. The van der Waals surface area contributed by atoms with Gasteiger partial charge >= 0.3 is 12.0 Å². The van der Waals surface area contributed by atoms with Crippen LogP contribution in [-0.2, 0) is 9.53 Å². The molecule has 0 aliphatic carbocycles. The molecule has 0 aromatic heterocycles. The molecule has 19 heavy (non-hydrogen) atoms. The molecule has 2 heterocycles. The van der Waals surface area contributed by atoms with Crippen LogP contribution in [0.15, 0.2) is 0 Å². The van der Waals surface area contributed by atoms with E-state index in [1.807, 2.05) is 13.8 Å². The molecule has 6 heteroatoms. The van der Waals surface area contributed by atoms with Crippen molar-refractivity contribution in [1.29, 1.82) is 0 Å². The second-order valence-corrected chi connectivity index (χ2v) is 5.64. The molecule has 0 bridgehead atoms. The minimum absolute atomic E-state index is 0.0111. The number of carboxylic acid groups (broad SMARTS) is 1. The van der Waals surface area contributed by atoms with E-state index in [0.29, 0.717) is 25.6 Å². The Morgan fingerprint density at radius 1 is 1.37 bits per heavy atom. The van der Waals surface area contributed by atoms with Crippen LogP contribution in [0.3, 0.4) is 0 Å². The molecule has 2 aliphatic rings. The summed E-state index contributed by atoms with van der Waals surface area (Å²) in [6, 6.07) is -0.158. The number of urea groups is 1. The van der Waals surface area contributed by atoms with Gasteiger partial charge in [-0.05, 0) is 19.3 Å². The second kappa shape index (κ2) is 5.77. The first kappa shape index (κ1) is 14.1. The molecule has 0 spiro atoms. The number of carbonyl (C=O) groups is 2. The molecule has 108 valence electrons. The monoisotopic (exact) mass is 270 g/mol. The summed E-state index contributed by atoms with van der Waals surface area (Å²) in [7, 11) is 0. The maximum absolute atomic E-state index is 12.0. The standard InChI is InChI=1S/C13H22N2O4/c1-8-6-15(7-11(8)12(16)17)13(18)14-5-10-3-4-19-9(10)2/h8-11H,3-7H2,1-2H3,(H,14,18)(H,16,17). The SMILES string of the molecule is CC1CN(C(=O)NCC2CCOC2C)CC1C(=O)O. The Hall–Kier alpha value is -1.30. The summed E-state index contributed by atoms with van der Waals surface area (Å²) >= 11 is 0. The fourth-order valence-corrected chi connectivity index (χ4v) is 2.83. The quantitative estimate of drug-likeness (QED) is 0.794. The lowest BCUT2D eigenvalue weighted by molar-refractivity contribution is -0.142. The first-order valence-corrected chi connectivity index (χ1v) is 6.86. The number of carboxylic acids is 1. The molecule has 2 aliphatic heterocycles. The number of aliphatic carboxylic acids is 1. The smallest absolute Gasteiger partial charge is 0.317 e. The van der Waals surface area contributed by atoms with E-state index in [1.54, 1.807) is 4.90 Å². The van der Waals surface area contributed by atoms with E-state index < -0.39 is 11.9 Å². The second-order valence-electron chi connectivity index (χ2n) is 5.64. The van der Waals surface area contributed by atoms with Gasteiger partial charge in [0.25, 0.3) is 0 Å². The van der Waals surface area contributed by atoms with Crippen molar-refractivity contribution < 1.29 is 19.4 Å². The van der Waals surface area contributed by atoms with Gasteiger partial charge in [-0.2, -0.15) is 0 Å². The van der Waals surface area contributed by atoms with Crippen LogP contribution < -0.4 is 5.32 Å². The lowest BCUT2D eigenvalue weighted by atomic mass is 9.99. The number of nitrogens with zero attached hydrogens (tertiary/aromatic N) is 1. The van der Waals surface area contributed by atoms with Crippen molar-refractivity contribution in [3.8, 4) is 0 Å². The highest BCUT2D eigenvalue weighted by molar-refractivity contribution is 5.77. The summed E-state index contributed by atoms with van der Waals surface area (Å²) < 4.78 is 5.45. The highest BCUT2D eigenvalue weighted by Crippen LogP contribution is 2.23.